The summed E-state index contributed by atoms with van der Waals surface area (Å²) in [6.07, 6.45) is 0.973. The molecule has 1 aliphatic heterocycles. The highest BCUT2D eigenvalue weighted by atomic mass is 16.5. The molecule has 1 aromatic rings. The first-order chi connectivity index (χ1) is 8.57. The molecule has 1 aliphatic rings. The molecule has 0 saturated carbocycles. The summed E-state index contributed by atoms with van der Waals surface area (Å²) in [6, 6.07) is 6.63. The van der Waals surface area contributed by atoms with Crippen molar-refractivity contribution in [1.29, 1.82) is 0 Å². The van der Waals surface area contributed by atoms with Gasteiger partial charge < -0.3 is 15.2 Å². The molecule has 3 nitrogen and oxygen atoms in total. The second-order valence-electron chi connectivity index (χ2n) is 5.37. The number of hydrogen-bond donors (Lipinski definition) is 1. The third kappa shape index (κ3) is 2.52. The third-order valence-corrected chi connectivity index (χ3v) is 3.56. The standard InChI is InChI=1S/C15H23NO2/c1-4-18-14-6-5-13(7-11(14)2)15(8-12(3)16)9-17-10-15/h5-7,12H,4,8-10,16H2,1-3H3. The molecule has 1 aromatic carbocycles. The molecule has 100 valence electrons. The highest BCUT2D eigenvalue weighted by Gasteiger charge is 2.40. The molecule has 0 radical (unpaired) electrons. The summed E-state index contributed by atoms with van der Waals surface area (Å²) in [7, 11) is 0. The zero-order chi connectivity index (χ0) is 13.2. The van der Waals surface area contributed by atoms with E-state index in [0.717, 1.165) is 25.4 Å². The smallest absolute Gasteiger partial charge is 0.122 e. The SMILES string of the molecule is CCOc1ccc(C2(CC(C)N)COC2)cc1C. The van der Waals surface area contributed by atoms with Crippen molar-refractivity contribution in [3.05, 3.63) is 29.3 Å². The number of hydrogen-bond acceptors (Lipinski definition) is 3. The lowest BCUT2D eigenvalue weighted by molar-refractivity contribution is -0.0665. The summed E-state index contributed by atoms with van der Waals surface area (Å²) in [6.45, 7) is 8.41. The van der Waals surface area contributed by atoms with Crippen LogP contribution < -0.4 is 10.5 Å². The van der Waals surface area contributed by atoms with Gasteiger partial charge in [0.2, 0.25) is 0 Å². The predicted molar refractivity (Wildman–Crippen MR) is 73.1 cm³/mol. The average molecular weight is 249 g/mol. The summed E-state index contributed by atoms with van der Waals surface area (Å²) >= 11 is 0. The fraction of sp³-hybridized carbons (Fsp3) is 0.600. The Bertz CT molecular complexity index is 411. The van der Waals surface area contributed by atoms with E-state index in [0.29, 0.717) is 6.61 Å². The topological polar surface area (TPSA) is 44.5 Å². The van der Waals surface area contributed by atoms with Crippen LogP contribution in [0.1, 0.15) is 31.4 Å². The zero-order valence-corrected chi connectivity index (χ0v) is 11.5. The van der Waals surface area contributed by atoms with Crippen LogP contribution in [0.2, 0.25) is 0 Å². The van der Waals surface area contributed by atoms with Gasteiger partial charge in [-0.1, -0.05) is 12.1 Å². The van der Waals surface area contributed by atoms with Crippen molar-refractivity contribution < 1.29 is 9.47 Å². The average Bonchev–Trinajstić information content (AvgIpc) is 2.26. The van der Waals surface area contributed by atoms with E-state index < -0.39 is 0 Å². The van der Waals surface area contributed by atoms with E-state index in [1.807, 2.05) is 6.92 Å². The maximum Gasteiger partial charge on any atom is 0.122 e. The molecule has 1 unspecified atom stereocenters. The molecule has 2 N–H and O–H groups in total. The lowest BCUT2D eigenvalue weighted by Crippen LogP contribution is -2.49. The predicted octanol–water partition coefficient (Wildman–Crippen LogP) is 2.40. The van der Waals surface area contributed by atoms with Crippen molar-refractivity contribution in [3.8, 4) is 5.75 Å². The van der Waals surface area contributed by atoms with Gasteiger partial charge in [0.15, 0.2) is 0 Å². The van der Waals surface area contributed by atoms with Gasteiger partial charge in [0.1, 0.15) is 5.75 Å². The fourth-order valence-corrected chi connectivity index (χ4v) is 2.66. The Kier molecular flexibility index (Phi) is 3.93. The van der Waals surface area contributed by atoms with Crippen LogP contribution in [0.4, 0.5) is 0 Å². The van der Waals surface area contributed by atoms with E-state index >= 15 is 0 Å². The van der Waals surface area contributed by atoms with Crippen LogP contribution >= 0.6 is 0 Å². The van der Waals surface area contributed by atoms with Gasteiger partial charge in [0.05, 0.1) is 19.8 Å². The maximum absolute atomic E-state index is 5.96. The van der Waals surface area contributed by atoms with Gasteiger partial charge in [-0.2, -0.15) is 0 Å². The van der Waals surface area contributed by atoms with Gasteiger partial charge in [0.25, 0.3) is 0 Å². The summed E-state index contributed by atoms with van der Waals surface area (Å²) in [5.74, 6) is 0.970. The Hall–Kier alpha value is -1.06. The van der Waals surface area contributed by atoms with Gasteiger partial charge in [-0.3, -0.25) is 0 Å². The highest BCUT2D eigenvalue weighted by molar-refractivity contribution is 5.40. The summed E-state index contributed by atoms with van der Waals surface area (Å²) in [5, 5.41) is 0. The van der Waals surface area contributed by atoms with Crippen LogP contribution in [0.15, 0.2) is 18.2 Å². The van der Waals surface area contributed by atoms with E-state index in [2.05, 4.69) is 32.0 Å². The Morgan fingerprint density at radius 1 is 1.44 bits per heavy atom. The van der Waals surface area contributed by atoms with Gasteiger partial charge in [-0.15, -0.1) is 0 Å². The van der Waals surface area contributed by atoms with Crippen molar-refractivity contribution in [3.63, 3.8) is 0 Å². The first-order valence-electron chi connectivity index (χ1n) is 6.64. The lowest BCUT2D eigenvalue weighted by atomic mass is 9.74. The molecular weight excluding hydrogens is 226 g/mol. The molecule has 2 rings (SSSR count). The Balaban J connectivity index is 2.24. The molecule has 1 fully saturated rings. The van der Waals surface area contributed by atoms with Crippen LogP contribution in [0.5, 0.6) is 5.75 Å². The molecule has 3 heteroatoms. The number of ether oxygens (including phenoxy) is 2. The van der Waals surface area contributed by atoms with Crippen molar-refractivity contribution in [2.45, 2.75) is 38.6 Å². The Morgan fingerprint density at radius 3 is 2.61 bits per heavy atom. The molecule has 0 aliphatic carbocycles. The van der Waals surface area contributed by atoms with Gasteiger partial charge in [-0.05, 0) is 44.4 Å². The molecule has 0 bridgehead atoms. The van der Waals surface area contributed by atoms with E-state index in [1.165, 1.54) is 11.1 Å². The van der Waals surface area contributed by atoms with Crippen LogP contribution in [0.25, 0.3) is 0 Å². The normalized spacial score (nSPS) is 19.1. The van der Waals surface area contributed by atoms with Crippen LogP contribution in [-0.4, -0.2) is 25.9 Å². The van der Waals surface area contributed by atoms with Crippen molar-refractivity contribution >= 4 is 0 Å². The molecule has 1 heterocycles. The molecule has 1 saturated heterocycles. The first-order valence-corrected chi connectivity index (χ1v) is 6.64. The van der Waals surface area contributed by atoms with Gasteiger partial charge in [0, 0.05) is 11.5 Å². The van der Waals surface area contributed by atoms with Crippen LogP contribution in [-0.2, 0) is 10.2 Å². The third-order valence-electron chi connectivity index (χ3n) is 3.56. The molecule has 1 atom stereocenters. The van der Waals surface area contributed by atoms with Crippen LogP contribution in [0.3, 0.4) is 0 Å². The van der Waals surface area contributed by atoms with E-state index in [-0.39, 0.29) is 11.5 Å². The largest absolute Gasteiger partial charge is 0.494 e. The minimum Gasteiger partial charge on any atom is -0.494 e. The maximum atomic E-state index is 5.96. The Morgan fingerprint density at radius 2 is 2.17 bits per heavy atom. The number of aryl methyl sites for hydroxylation is 1. The summed E-state index contributed by atoms with van der Waals surface area (Å²) in [4.78, 5) is 0. The first kappa shape index (κ1) is 13.4. The molecule has 0 amide bonds. The number of benzene rings is 1. The minimum absolute atomic E-state index is 0.115. The van der Waals surface area contributed by atoms with E-state index in [4.69, 9.17) is 15.2 Å². The van der Waals surface area contributed by atoms with Crippen molar-refractivity contribution in [1.82, 2.24) is 0 Å². The monoisotopic (exact) mass is 249 g/mol. The number of rotatable bonds is 5. The van der Waals surface area contributed by atoms with Gasteiger partial charge >= 0.3 is 0 Å². The summed E-state index contributed by atoms with van der Waals surface area (Å²) in [5.41, 5.74) is 8.59. The number of nitrogens with two attached hydrogens (primary N) is 1. The fourth-order valence-electron chi connectivity index (χ4n) is 2.66. The quantitative estimate of drug-likeness (QED) is 0.871. The van der Waals surface area contributed by atoms with Gasteiger partial charge in [-0.25, -0.2) is 0 Å². The molecule has 0 spiro atoms. The van der Waals surface area contributed by atoms with Crippen LogP contribution in [0, 0.1) is 6.92 Å². The molecular formula is C15H23NO2. The van der Waals surface area contributed by atoms with E-state index in [1.54, 1.807) is 0 Å². The minimum atomic E-state index is 0.115. The second kappa shape index (κ2) is 5.29. The van der Waals surface area contributed by atoms with Crippen molar-refractivity contribution in [2.75, 3.05) is 19.8 Å². The molecule has 0 aromatic heterocycles. The highest BCUT2D eigenvalue weighted by Crippen LogP contribution is 2.38. The van der Waals surface area contributed by atoms with Crippen molar-refractivity contribution in [2.24, 2.45) is 5.73 Å². The zero-order valence-electron chi connectivity index (χ0n) is 11.5. The summed E-state index contributed by atoms with van der Waals surface area (Å²) < 4.78 is 11.0. The molecule has 18 heavy (non-hydrogen) atoms. The van der Waals surface area contributed by atoms with E-state index in [9.17, 15) is 0 Å². The Labute approximate surface area is 109 Å². The second-order valence-corrected chi connectivity index (χ2v) is 5.37. The lowest BCUT2D eigenvalue weighted by Gasteiger charge is -2.43.